The number of aliphatic hydroxyl groups is 4. The summed E-state index contributed by atoms with van der Waals surface area (Å²) in [7, 11) is 0. The monoisotopic (exact) mass is 204 g/mol. The first kappa shape index (κ1) is 11.1. The Hall–Kier alpha value is -0.940. The molecule has 7 heteroatoms. The van der Waals surface area contributed by atoms with Crippen LogP contribution in [0.2, 0.25) is 0 Å². The Kier molecular flexibility index (Phi) is 3.60. The van der Waals surface area contributed by atoms with E-state index in [1.807, 2.05) is 0 Å². The molecule has 0 radical (unpaired) electrons. The number of aliphatic hydroxyl groups excluding tert-OH is 4. The molecule has 1 aliphatic rings. The van der Waals surface area contributed by atoms with Gasteiger partial charge in [-0.25, -0.2) is 0 Å². The second kappa shape index (κ2) is 4.52. The van der Waals surface area contributed by atoms with Crippen molar-refractivity contribution < 1.29 is 20.4 Å². The van der Waals surface area contributed by atoms with E-state index in [0.29, 0.717) is 0 Å². The molecule has 1 fully saturated rings. The molecule has 14 heavy (non-hydrogen) atoms. The molecule has 0 unspecified atom stereocenters. The van der Waals surface area contributed by atoms with E-state index in [1.54, 1.807) is 0 Å². The summed E-state index contributed by atoms with van der Waals surface area (Å²) in [6, 6.07) is 0. The summed E-state index contributed by atoms with van der Waals surface area (Å²) in [5.74, 6) is -0.663. The summed E-state index contributed by atoms with van der Waals surface area (Å²) >= 11 is 0. The minimum absolute atomic E-state index is 0.00397. The van der Waals surface area contributed by atoms with Gasteiger partial charge in [-0.3, -0.25) is 0 Å². The van der Waals surface area contributed by atoms with Gasteiger partial charge in [-0.2, -0.15) is 0 Å². The summed E-state index contributed by atoms with van der Waals surface area (Å²) in [5, 5.41) is 48.2. The number of diazo groups is 1. The Morgan fingerprint density at radius 3 is 2.36 bits per heavy atom. The van der Waals surface area contributed by atoms with Gasteiger partial charge in [0.1, 0.15) is 6.10 Å². The van der Waals surface area contributed by atoms with Crippen molar-refractivity contribution in [2.24, 2.45) is 5.92 Å². The van der Waals surface area contributed by atoms with Crippen LogP contribution in [0.15, 0.2) is 0 Å². The summed E-state index contributed by atoms with van der Waals surface area (Å²) in [6.07, 6.45) is -4.57. The predicted octanol–water partition coefficient (Wildman–Crippen LogP) is -2.19. The first-order valence-electron chi connectivity index (χ1n) is 4.37. The number of rotatable bonds is 2. The zero-order valence-electron chi connectivity index (χ0n) is 7.48. The van der Waals surface area contributed by atoms with Gasteiger partial charge in [0.15, 0.2) is 0 Å². The second-order valence-corrected chi connectivity index (χ2v) is 3.48. The zero-order chi connectivity index (χ0) is 10.7. The average molecular weight is 204 g/mol. The quantitative estimate of drug-likeness (QED) is 0.257. The van der Waals surface area contributed by atoms with Gasteiger partial charge in [-0.15, -0.1) is 0 Å². The normalized spacial score (nSPS) is 42.9. The van der Waals surface area contributed by atoms with Crippen LogP contribution < -0.4 is 5.43 Å². The molecule has 0 amide bonds. The fourth-order valence-electron chi connectivity index (χ4n) is 1.67. The molecule has 0 aliphatic heterocycles. The number of hydrogen-bond donors (Lipinski definition) is 5. The lowest BCUT2D eigenvalue weighted by molar-refractivity contribution is -0.147. The van der Waals surface area contributed by atoms with E-state index in [2.05, 4.69) is 10.5 Å². The van der Waals surface area contributed by atoms with Crippen LogP contribution in [0.4, 0.5) is 0 Å². The molecular weight excluding hydrogens is 190 g/mol. The molecule has 1 rings (SSSR count). The number of hydrogen-bond acceptors (Lipinski definition) is 6. The molecule has 7 nitrogen and oxygen atoms in total. The van der Waals surface area contributed by atoms with Crippen molar-refractivity contribution in [3.63, 3.8) is 0 Å². The van der Waals surface area contributed by atoms with Gasteiger partial charge in [0.2, 0.25) is 0 Å². The Labute approximate surface area is 80.6 Å². The maximum atomic E-state index is 9.47. The zero-order valence-corrected chi connectivity index (χ0v) is 7.48. The van der Waals surface area contributed by atoms with E-state index >= 15 is 0 Å². The van der Waals surface area contributed by atoms with Gasteiger partial charge in [-0.1, -0.05) is 0 Å². The summed E-state index contributed by atoms with van der Waals surface area (Å²) in [5.41, 5.74) is 2.18. The van der Waals surface area contributed by atoms with Crippen LogP contribution in [0.3, 0.4) is 0 Å². The van der Waals surface area contributed by atoms with Gasteiger partial charge >= 0.3 is 5.08 Å². The van der Waals surface area contributed by atoms with Gasteiger partial charge in [0.25, 0.3) is 5.39 Å². The van der Waals surface area contributed by atoms with Crippen LogP contribution in [-0.2, 0) is 0 Å². The van der Waals surface area contributed by atoms with E-state index in [-0.39, 0.29) is 13.0 Å². The highest BCUT2D eigenvalue weighted by Gasteiger charge is 2.42. The Morgan fingerprint density at radius 1 is 1.14 bits per heavy atom. The SMILES string of the molecule is N#[N+]NC[C@@H]1[C@@H](O)[C@H](O)[C@@H](O)C[C@@H]1O. The molecule has 5 atom stereocenters. The Balaban J connectivity index is 2.60. The van der Waals surface area contributed by atoms with Crippen LogP contribution in [0.1, 0.15) is 6.42 Å². The van der Waals surface area contributed by atoms with Crippen LogP contribution in [0, 0.1) is 11.3 Å². The number of nitrogens with one attached hydrogen (secondary N) is 1. The molecule has 0 aromatic rings. The van der Waals surface area contributed by atoms with Gasteiger partial charge < -0.3 is 20.4 Å². The maximum absolute atomic E-state index is 9.47. The maximum Gasteiger partial charge on any atom is 0.302 e. The van der Waals surface area contributed by atoms with E-state index in [1.165, 1.54) is 0 Å². The highest BCUT2D eigenvalue weighted by molar-refractivity contribution is 4.93. The van der Waals surface area contributed by atoms with E-state index in [9.17, 15) is 20.4 Å². The molecule has 0 aromatic carbocycles. The molecule has 1 saturated carbocycles. The predicted molar refractivity (Wildman–Crippen MR) is 45.2 cm³/mol. The first-order chi connectivity index (χ1) is 6.57. The van der Waals surface area contributed by atoms with Crippen molar-refractivity contribution in [2.45, 2.75) is 30.8 Å². The highest BCUT2D eigenvalue weighted by atomic mass is 16.4. The molecule has 0 spiro atoms. The molecule has 80 valence electrons. The summed E-state index contributed by atoms with van der Waals surface area (Å²) in [4.78, 5) is 0. The van der Waals surface area contributed by atoms with E-state index in [0.717, 1.165) is 0 Å². The standard InChI is InChI=1S/C7H14N3O4/c8-10-9-2-3-4(11)1-5(12)7(14)6(3)13/h3-7,9,11-14H,1-2H2/q+1/t3-,4-,5-,6+,7+/m0/s1. The smallest absolute Gasteiger partial charge is 0.302 e. The molecule has 0 aromatic heterocycles. The third-order valence-electron chi connectivity index (χ3n) is 2.56. The van der Waals surface area contributed by atoms with Crippen molar-refractivity contribution in [3.8, 4) is 0 Å². The molecule has 5 N–H and O–H groups in total. The first-order valence-corrected chi connectivity index (χ1v) is 4.37. The lowest BCUT2D eigenvalue weighted by Crippen LogP contribution is -2.54. The van der Waals surface area contributed by atoms with Crippen molar-refractivity contribution in [2.75, 3.05) is 6.54 Å². The third kappa shape index (κ3) is 2.10. The fourth-order valence-corrected chi connectivity index (χ4v) is 1.67. The topological polar surface area (TPSA) is 121 Å². The lowest BCUT2D eigenvalue weighted by Gasteiger charge is -2.37. The third-order valence-corrected chi connectivity index (χ3v) is 2.56. The Bertz CT molecular complexity index is 231. The van der Waals surface area contributed by atoms with Crippen molar-refractivity contribution in [1.29, 1.82) is 5.39 Å². The van der Waals surface area contributed by atoms with Gasteiger partial charge in [-0.05, 0) is 5.43 Å². The largest absolute Gasteiger partial charge is 0.393 e. The van der Waals surface area contributed by atoms with Crippen LogP contribution >= 0.6 is 0 Å². The van der Waals surface area contributed by atoms with Gasteiger partial charge in [0, 0.05) is 12.3 Å². The fraction of sp³-hybridized carbons (Fsp3) is 1.00. The Morgan fingerprint density at radius 2 is 1.79 bits per heavy atom. The van der Waals surface area contributed by atoms with Crippen LogP contribution in [-0.4, -0.2) is 51.4 Å². The molecule has 1 aliphatic carbocycles. The molecule has 0 saturated heterocycles. The minimum atomic E-state index is -1.27. The highest BCUT2D eigenvalue weighted by Crippen LogP contribution is 2.25. The van der Waals surface area contributed by atoms with Crippen molar-refractivity contribution >= 4 is 0 Å². The summed E-state index contributed by atoms with van der Waals surface area (Å²) in [6.45, 7) is 0.0304. The van der Waals surface area contributed by atoms with Crippen molar-refractivity contribution in [1.82, 2.24) is 5.43 Å². The summed E-state index contributed by atoms with van der Waals surface area (Å²) < 4.78 is 0. The average Bonchev–Trinajstić information content (AvgIpc) is 2.14. The molecular formula is C7H14N3O4+. The van der Waals surface area contributed by atoms with Crippen LogP contribution in [0.5, 0.6) is 0 Å². The second-order valence-electron chi connectivity index (χ2n) is 3.48. The van der Waals surface area contributed by atoms with E-state index in [4.69, 9.17) is 5.39 Å². The number of nitrogens with zero attached hydrogens (tertiary/aromatic N) is 2. The lowest BCUT2D eigenvalue weighted by atomic mass is 9.80. The molecule has 0 heterocycles. The van der Waals surface area contributed by atoms with Crippen molar-refractivity contribution in [3.05, 3.63) is 5.08 Å². The van der Waals surface area contributed by atoms with Crippen LogP contribution in [0.25, 0.3) is 5.08 Å². The molecule has 0 bridgehead atoms. The van der Waals surface area contributed by atoms with E-state index < -0.39 is 30.3 Å². The minimum Gasteiger partial charge on any atom is -0.393 e. The van der Waals surface area contributed by atoms with Gasteiger partial charge in [0.05, 0.1) is 24.9 Å².